The highest BCUT2D eigenvalue weighted by Crippen LogP contribution is 2.16. The molecule has 0 bridgehead atoms. The third-order valence-electron chi connectivity index (χ3n) is 4.52. The van der Waals surface area contributed by atoms with Crippen LogP contribution in [0.1, 0.15) is 18.1 Å². The minimum absolute atomic E-state index is 0.0993. The second kappa shape index (κ2) is 7.82. The number of aryl methyl sites for hydroxylation is 1. The van der Waals surface area contributed by atoms with Crippen LogP contribution in [0.15, 0.2) is 60.7 Å². The Hall–Kier alpha value is -2.55. The van der Waals surface area contributed by atoms with Gasteiger partial charge in [-0.05, 0) is 35.8 Å². The normalized spacial score (nSPS) is 15.0. The number of carbonyl (C=O) groups is 1. The first-order valence-corrected chi connectivity index (χ1v) is 8.62. The minimum Gasteiger partial charge on any atom is -0.368 e. The summed E-state index contributed by atoms with van der Waals surface area (Å²) in [5, 5.41) is 0. The van der Waals surface area contributed by atoms with E-state index in [0.29, 0.717) is 0 Å². The minimum atomic E-state index is 0.0993. The average Bonchev–Trinajstić information content (AvgIpc) is 2.67. The molecule has 3 rings (SSSR count). The van der Waals surface area contributed by atoms with Gasteiger partial charge in [0, 0.05) is 37.9 Å². The second-order valence-electron chi connectivity index (χ2n) is 6.08. The zero-order valence-electron chi connectivity index (χ0n) is 14.2. The van der Waals surface area contributed by atoms with Gasteiger partial charge >= 0.3 is 0 Å². The average molecular weight is 320 g/mol. The summed E-state index contributed by atoms with van der Waals surface area (Å²) in [5.74, 6) is 0.0993. The van der Waals surface area contributed by atoms with Crippen molar-refractivity contribution in [2.45, 2.75) is 13.3 Å². The highest BCUT2D eigenvalue weighted by atomic mass is 16.2. The monoisotopic (exact) mass is 320 g/mol. The second-order valence-corrected chi connectivity index (χ2v) is 6.08. The summed E-state index contributed by atoms with van der Waals surface area (Å²) in [7, 11) is 0. The summed E-state index contributed by atoms with van der Waals surface area (Å²) in [4.78, 5) is 16.6. The molecule has 1 aliphatic heterocycles. The first-order valence-electron chi connectivity index (χ1n) is 8.62. The summed E-state index contributed by atoms with van der Waals surface area (Å²) >= 11 is 0. The van der Waals surface area contributed by atoms with Crippen LogP contribution in [0.25, 0.3) is 6.08 Å². The topological polar surface area (TPSA) is 23.6 Å². The van der Waals surface area contributed by atoms with E-state index in [1.165, 1.54) is 11.3 Å². The number of nitrogens with zero attached hydrogens (tertiary/aromatic N) is 2. The lowest BCUT2D eigenvalue weighted by atomic mass is 10.1. The van der Waals surface area contributed by atoms with Crippen molar-refractivity contribution in [3.63, 3.8) is 0 Å². The molecule has 0 atom stereocenters. The highest BCUT2D eigenvalue weighted by Gasteiger charge is 2.19. The molecule has 1 heterocycles. The molecule has 1 fully saturated rings. The molecular weight excluding hydrogens is 296 g/mol. The van der Waals surface area contributed by atoms with Crippen molar-refractivity contribution in [2.75, 3.05) is 31.1 Å². The van der Waals surface area contributed by atoms with Crippen LogP contribution < -0.4 is 4.90 Å². The molecule has 1 amide bonds. The van der Waals surface area contributed by atoms with Crippen LogP contribution in [0.5, 0.6) is 0 Å². The summed E-state index contributed by atoms with van der Waals surface area (Å²) in [5.41, 5.74) is 3.62. The summed E-state index contributed by atoms with van der Waals surface area (Å²) in [6, 6.07) is 18.7. The Balaban J connectivity index is 1.54. The number of carbonyl (C=O) groups excluding carboxylic acids is 1. The van der Waals surface area contributed by atoms with Crippen LogP contribution >= 0.6 is 0 Å². The summed E-state index contributed by atoms with van der Waals surface area (Å²) in [6.07, 6.45) is 4.64. The molecular formula is C21H24N2O. The van der Waals surface area contributed by atoms with Crippen LogP contribution in [0.2, 0.25) is 0 Å². The Bertz CT molecular complexity index is 684. The predicted octanol–water partition coefficient (Wildman–Crippen LogP) is 3.61. The predicted molar refractivity (Wildman–Crippen MR) is 100 cm³/mol. The van der Waals surface area contributed by atoms with Crippen molar-refractivity contribution in [2.24, 2.45) is 0 Å². The van der Waals surface area contributed by atoms with Gasteiger partial charge in [0.05, 0.1) is 0 Å². The van der Waals surface area contributed by atoms with Crippen molar-refractivity contribution >= 4 is 17.7 Å². The lowest BCUT2D eigenvalue weighted by Gasteiger charge is -2.35. The largest absolute Gasteiger partial charge is 0.368 e. The molecule has 0 aromatic heterocycles. The zero-order valence-corrected chi connectivity index (χ0v) is 14.2. The molecule has 0 spiro atoms. The molecule has 2 aromatic carbocycles. The summed E-state index contributed by atoms with van der Waals surface area (Å²) < 4.78 is 0. The zero-order chi connectivity index (χ0) is 16.8. The number of anilines is 1. The molecule has 0 saturated carbocycles. The Morgan fingerprint density at radius 2 is 1.62 bits per heavy atom. The molecule has 0 aliphatic carbocycles. The fraction of sp³-hybridized carbons (Fsp3) is 0.286. The maximum absolute atomic E-state index is 12.4. The van der Waals surface area contributed by atoms with Gasteiger partial charge in [-0.15, -0.1) is 0 Å². The van der Waals surface area contributed by atoms with Crippen LogP contribution in [0.4, 0.5) is 5.69 Å². The van der Waals surface area contributed by atoms with E-state index in [2.05, 4.69) is 60.4 Å². The standard InChI is InChI=1S/C21H24N2O/c1-2-18-8-10-19(11-9-18)12-13-21(24)23-16-14-22(15-17-23)20-6-4-3-5-7-20/h3-13H,2,14-17H2,1H3/b13-12+. The van der Waals surface area contributed by atoms with Crippen molar-refractivity contribution in [1.82, 2.24) is 4.90 Å². The Labute approximate surface area is 144 Å². The van der Waals surface area contributed by atoms with Gasteiger partial charge in [0.15, 0.2) is 0 Å². The van der Waals surface area contributed by atoms with Gasteiger partial charge in [-0.3, -0.25) is 4.79 Å². The number of amides is 1. The Morgan fingerprint density at radius 1 is 0.958 bits per heavy atom. The van der Waals surface area contributed by atoms with Gasteiger partial charge in [0.25, 0.3) is 0 Å². The van der Waals surface area contributed by atoms with Gasteiger partial charge in [0.2, 0.25) is 5.91 Å². The number of rotatable bonds is 4. The van der Waals surface area contributed by atoms with E-state index < -0.39 is 0 Å². The maximum atomic E-state index is 12.4. The molecule has 3 heteroatoms. The maximum Gasteiger partial charge on any atom is 0.246 e. The van der Waals surface area contributed by atoms with E-state index in [1.807, 2.05) is 17.0 Å². The van der Waals surface area contributed by atoms with Crippen molar-refractivity contribution < 1.29 is 4.79 Å². The third kappa shape index (κ3) is 4.05. The molecule has 1 aliphatic rings. The van der Waals surface area contributed by atoms with Crippen LogP contribution in [0, 0.1) is 0 Å². The van der Waals surface area contributed by atoms with Crippen LogP contribution in [-0.2, 0) is 11.2 Å². The lowest BCUT2D eigenvalue weighted by Crippen LogP contribution is -2.48. The quantitative estimate of drug-likeness (QED) is 0.804. The Morgan fingerprint density at radius 3 is 2.25 bits per heavy atom. The van der Waals surface area contributed by atoms with E-state index in [4.69, 9.17) is 0 Å². The molecule has 0 N–H and O–H groups in total. The van der Waals surface area contributed by atoms with Gasteiger partial charge < -0.3 is 9.80 Å². The van der Waals surface area contributed by atoms with Crippen molar-refractivity contribution in [3.8, 4) is 0 Å². The van der Waals surface area contributed by atoms with Gasteiger partial charge in [-0.1, -0.05) is 49.4 Å². The van der Waals surface area contributed by atoms with Crippen LogP contribution in [-0.4, -0.2) is 37.0 Å². The number of benzene rings is 2. The van der Waals surface area contributed by atoms with E-state index in [9.17, 15) is 4.79 Å². The fourth-order valence-electron chi connectivity index (χ4n) is 2.96. The molecule has 24 heavy (non-hydrogen) atoms. The van der Waals surface area contributed by atoms with Crippen molar-refractivity contribution in [1.29, 1.82) is 0 Å². The van der Waals surface area contributed by atoms with E-state index in [0.717, 1.165) is 38.2 Å². The number of hydrogen-bond acceptors (Lipinski definition) is 2. The SMILES string of the molecule is CCc1ccc(/C=C/C(=O)N2CCN(c3ccccc3)CC2)cc1. The Kier molecular flexibility index (Phi) is 5.32. The van der Waals surface area contributed by atoms with E-state index in [1.54, 1.807) is 6.08 Å². The number of piperazine rings is 1. The third-order valence-corrected chi connectivity index (χ3v) is 4.52. The molecule has 124 valence electrons. The smallest absolute Gasteiger partial charge is 0.246 e. The first kappa shape index (κ1) is 16.3. The molecule has 1 saturated heterocycles. The summed E-state index contributed by atoms with van der Waals surface area (Å²) in [6.45, 7) is 5.45. The molecule has 2 aromatic rings. The fourth-order valence-corrected chi connectivity index (χ4v) is 2.96. The lowest BCUT2D eigenvalue weighted by molar-refractivity contribution is -0.126. The van der Waals surface area contributed by atoms with E-state index >= 15 is 0 Å². The van der Waals surface area contributed by atoms with Gasteiger partial charge in [-0.2, -0.15) is 0 Å². The van der Waals surface area contributed by atoms with Crippen molar-refractivity contribution in [3.05, 3.63) is 71.8 Å². The highest BCUT2D eigenvalue weighted by molar-refractivity contribution is 5.92. The first-order chi connectivity index (χ1) is 11.8. The number of hydrogen-bond donors (Lipinski definition) is 0. The molecule has 0 unspecified atom stereocenters. The number of para-hydroxylation sites is 1. The van der Waals surface area contributed by atoms with Gasteiger partial charge in [-0.25, -0.2) is 0 Å². The van der Waals surface area contributed by atoms with Gasteiger partial charge in [0.1, 0.15) is 0 Å². The van der Waals surface area contributed by atoms with Crippen LogP contribution in [0.3, 0.4) is 0 Å². The van der Waals surface area contributed by atoms with E-state index in [-0.39, 0.29) is 5.91 Å². The molecule has 3 nitrogen and oxygen atoms in total. The molecule has 0 radical (unpaired) electrons.